The number of halogens is 2. The average molecular weight is 578 g/mol. The van der Waals surface area contributed by atoms with Crippen LogP contribution in [0.15, 0.2) is 91.1 Å². The minimum Gasteiger partial charge on any atom is -0.392 e. The highest BCUT2D eigenvalue weighted by Gasteiger charge is 2.28. The Bertz CT molecular complexity index is 1380. The summed E-state index contributed by atoms with van der Waals surface area (Å²) in [5, 5.41) is 16.3. The Morgan fingerprint density at radius 3 is 1.93 bits per heavy atom. The lowest BCUT2D eigenvalue weighted by atomic mass is 9.90. The highest BCUT2D eigenvalue weighted by Crippen LogP contribution is 2.28. The summed E-state index contributed by atoms with van der Waals surface area (Å²) < 4.78 is 0. The van der Waals surface area contributed by atoms with Crippen LogP contribution < -0.4 is 16.4 Å². The topological polar surface area (TPSA) is 117 Å². The Morgan fingerprint density at radius 2 is 1.38 bits per heavy atom. The number of hydrogen-bond acceptors (Lipinski definition) is 5. The molecule has 0 aliphatic rings. The molecule has 0 aliphatic carbocycles. The van der Waals surface area contributed by atoms with E-state index in [1.54, 1.807) is 72.9 Å². The predicted octanol–water partition coefficient (Wildman–Crippen LogP) is 5.03. The summed E-state index contributed by atoms with van der Waals surface area (Å²) in [4.78, 5) is 31.3. The zero-order valence-corrected chi connectivity index (χ0v) is 23.2. The number of benzene rings is 3. The van der Waals surface area contributed by atoms with E-state index in [0.717, 1.165) is 27.8 Å². The van der Waals surface area contributed by atoms with Crippen molar-refractivity contribution in [2.45, 2.75) is 38.0 Å². The number of aryl methyl sites for hydroxylation is 1. The van der Waals surface area contributed by atoms with Crippen molar-refractivity contribution in [3.05, 3.63) is 129 Å². The van der Waals surface area contributed by atoms with E-state index in [4.69, 9.17) is 28.9 Å². The van der Waals surface area contributed by atoms with Gasteiger partial charge in [0, 0.05) is 22.8 Å². The molecule has 40 heavy (non-hydrogen) atoms. The molecular weight excluding hydrogens is 547 g/mol. The average Bonchev–Trinajstić information content (AvgIpc) is 2.96. The molecule has 1 heterocycles. The zero-order valence-electron chi connectivity index (χ0n) is 21.7. The fourth-order valence-corrected chi connectivity index (χ4v) is 4.62. The fourth-order valence-electron chi connectivity index (χ4n) is 4.37. The number of nitrogens with two attached hydrogens (primary N) is 1. The van der Waals surface area contributed by atoms with Crippen LogP contribution in [0.5, 0.6) is 0 Å². The third kappa shape index (κ3) is 8.05. The summed E-state index contributed by atoms with van der Waals surface area (Å²) in [6, 6.07) is 24.2. The van der Waals surface area contributed by atoms with E-state index in [0.29, 0.717) is 28.7 Å². The maximum atomic E-state index is 13.8. The zero-order chi connectivity index (χ0) is 28.5. The van der Waals surface area contributed by atoms with Crippen LogP contribution in [0.2, 0.25) is 10.0 Å². The highest BCUT2D eigenvalue weighted by molar-refractivity contribution is 6.30. The number of rotatable bonds is 11. The van der Waals surface area contributed by atoms with Gasteiger partial charge in [0.05, 0.1) is 12.5 Å². The smallest absolute Gasteiger partial charge is 0.242 e. The maximum Gasteiger partial charge on any atom is 0.242 e. The van der Waals surface area contributed by atoms with Crippen molar-refractivity contribution in [3.63, 3.8) is 0 Å². The number of nitrogen functional groups attached to an aromatic ring is 1. The van der Waals surface area contributed by atoms with Crippen LogP contribution >= 0.6 is 23.2 Å². The molecule has 0 spiro atoms. The van der Waals surface area contributed by atoms with E-state index in [1.165, 1.54) is 0 Å². The standard InChI is InChI=1S/C31H30Cl2N4O3/c32-25-10-6-23(7-11-25)29(24-8-12-26(33)13-9-24)31(40)37-27(14-5-20-15-16-35-28(34)17-20)30(39)36-18-21-1-3-22(19-38)4-2-21/h1-4,6-13,15-17,27,29,38H,5,14,18-19H2,(H2,34,35)(H,36,39)(H,37,40). The Kier molecular flexibility index (Phi) is 10.1. The lowest BCUT2D eigenvalue weighted by molar-refractivity contribution is -0.129. The summed E-state index contributed by atoms with van der Waals surface area (Å²) >= 11 is 12.2. The van der Waals surface area contributed by atoms with Gasteiger partial charge in [0.1, 0.15) is 11.9 Å². The Labute approximate surface area is 243 Å². The van der Waals surface area contributed by atoms with Crippen LogP contribution in [0, 0.1) is 0 Å². The Hall–Kier alpha value is -3.91. The van der Waals surface area contributed by atoms with Crippen LogP contribution in [-0.2, 0) is 29.2 Å². The van der Waals surface area contributed by atoms with Gasteiger partial charge >= 0.3 is 0 Å². The molecule has 1 aromatic heterocycles. The number of pyridine rings is 1. The van der Waals surface area contributed by atoms with Crippen molar-refractivity contribution in [3.8, 4) is 0 Å². The quantitative estimate of drug-likeness (QED) is 0.200. The van der Waals surface area contributed by atoms with E-state index < -0.39 is 12.0 Å². The third-order valence-corrected chi connectivity index (χ3v) is 7.05. The molecule has 9 heteroatoms. The monoisotopic (exact) mass is 576 g/mol. The minimum atomic E-state index is -0.819. The van der Waals surface area contributed by atoms with Crippen molar-refractivity contribution in [1.82, 2.24) is 15.6 Å². The van der Waals surface area contributed by atoms with Crippen LogP contribution in [0.25, 0.3) is 0 Å². The molecule has 206 valence electrons. The van der Waals surface area contributed by atoms with Gasteiger partial charge in [-0.25, -0.2) is 4.98 Å². The first-order valence-corrected chi connectivity index (χ1v) is 13.6. The molecule has 7 nitrogen and oxygen atoms in total. The second-order valence-corrected chi connectivity index (χ2v) is 10.3. The SMILES string of the molecule is Nc1cc(CCC(NC(=O)C(c2ccc(Cl)cc2)c2ccc(Cl)cc2)C(=O)NCc2ccc(CO)cc2)ccn1. The van der Waals surface area contributed by atoms with E-state index in [-0.39, 0.29) is 25.0 Å². The van der Waals surface area contributed by atoms with Crippen molar-refractivity contribution < 1.29 is 14.7 Å². The number of hydrogen-bond donors (Lipinski definition) is 4. The van der Waals surface area contributed by atoms with Gasteiger partial charge in [-0.15, -0.1) is 0 Å². The fraction of sp³-hybridized carbons (Fsp3) is 0.194. The number of aliphatic hydroxyl groups is 1. The van der Waals surface area contributed by atoms with Gasteiger partial charge in [-0.1, -0.05) is 71.7 Å². The molecule has 3 aromatic carbocycles. The van der Waals surface area contributed by atoms with E-state index in [2.05, 4.69) is 15.6 Å². The summed E-state index contributed by atoms with van der Waals surface area (Å²) in [5.74, 6) is -0.939. The molecule has 0 fully saturated rings. The number of amides is 2. The van der Waals surface area contributed by atoms with E-state index >= 15 is 0 Å². The van der Waals surface area contributed by atoms with E-state index in [9.17, 15) is 14.7 Å². The first-order chi connectivity index (χ1) is 19.3. The first-order valence-electron chi connectivity index (χ1n) is 12.8. The second kappa shape index (κ2) is 13.9. The Morgan fingerprint density at radius 1 is 0.800 bits per heavy atom. The van der Waals surface area contributed by atoms with Crippen molar-refractivity contribution in [2.75, 3.05) is 5.73 Å². The van der Waals surface area contributed by atoms with Gasteiger partial charge in [-0.2, -0.15) is 0 Å². The molecule has 0 radical (unpaired) electrons. The van der Waals surface area contributed by atoms with Gasteiger partial charge in [0.2, 0.25) is 11.8 Å². The third-order valence-electron chi connectivity index (χ3n) is 6.54. The molecule has 1 unspecified atom stereocenters. The summed E-state index contributed by atoms with van der Waals surface area (Å²) in [6.07, 6.45) is 2.47. The Balaban J connectivity index is 1.56. The molecule has 1 atom stereocenters. The van der Waals surface area contributed by atoms with Crippen LogP contribution in [-0.4, -0.2) is 27.9 Å². The predicted molar refractivity (Wildman–Crippen MR) is 158 cm³/mol. The molecule has 4 aromatic rings. The van der Waals surface area contributed by atoms with Gasteiger partial charge in [0.25, 0.3) is 0 Å². The van der Waals surface area contributed by atoms with Gasteiger partial charge in [-0.05, 0) is 77.1 Å². The number of nitrogens with zero attached hydrogens (tertiary/aromatic N) is 1. The summed E-state index contributed by atoms with van der Waals surface area (Å²) in [7, 11) is 0. The number of carbonyl (C=O) groups excluding carboxylic acids is 2. The second-order valence-electron chi connectivity index (χ2n) is 9.42. The number of nitrogens with one attached hydrogen (secondary N) is 2. The molecule has 5 N–H and O–H groups in total. The van der Waals surface area contributed by atoms with Crippen LogP contribution in [0.3, 0.4) is 0 Å². The molecular formula is C31H30Cl2N4O3. The lowest BCUT2D eigenvalue weighted by Crippen LogP contribution is -2.48. The number of anilines is 1. The van der Waals surface area contributed by atoms with Gasteiger partial charge < -0.3 is 21.5 Å². The molecule has 2 amide bonds. The maximum absolute atomic E-state index is 13.8. The minimum absolute atomic E-state index is 0.0529. The molecule has 4 rings (SSSR count). The summed E-state index contributed by atoms with van der Waals surface area (Å²) in [5.41, 5.74) is 9.86. The van der Waals surface area contributed by atoms with Gasteiger partial charge in [-0.3, -0.25) is 9.59 Å². The molecule has 0 saturated carbocycles. The highest BCUT2D eigenvalue weighted by atomic mass is 35.5. The number of aromatic nitrogens is 1. The lowest BCUT2D eigenvalue weighted by Gasteiger charge is -2.23. The largest absolute Gasteiger partial charge is 0.392 e. The number of aliphatic hydroxyl groups excluding tert-OH is 1. The molecule has 0 aliphatic heterocycles. The first kappa shape index (κ1) is 29.1. The van der Waals surface area contributed by atoms with Crippen molar-refractivity contribution >= 4 is 40.8 Å². The van der Waals surface area contributed by atoms with Crippen LogP contribution in [0.1, 0.15) is 40.2 Å². The van der Waals surface area contributed by atoms with Crippen molar-refractivity contribution in [2.24, 2.45) is 0 Å². The normalized spacial score (nSPS) is 11.7. The molecule has 0 saturated heterocycles. The molecule has 0 bridgehead atoms. The summed E-state index contributed by atoms with van der Waals surface area (Å²) in [6.45, 7) is 0.222. The van der Waals surface area contributed by atoms with Crippen LogP contribution in [0.4, 0.5) is 5.82 Å². The van der Waals surface area contributed by atoms with E-state index in [1.807, 2.05) is 18.2 Å². The number of carbonyl (C=O) groups is 2. The van der Waals surface area contributed by atoms with Crippen molar-refractivity contribution in [1.29, 1.82) is 0 Å². The van der Waals surface area contributed by atoms with Gasteiger partial charge in [0.15, 0.2) is 0 Å².